The molecule has 0 atom stereocenters. The molecule has 0 aliphatic rings. The van der Waals surface area contributed by atoms with Crippen LogP contribution in [0.5, 0.6) is 17.2 Å². The Morgan fingerprint density at radius 3 is 1.62 bits per heavy atom. The first-order valence-electron chi connectivity index (χ1n) is 10.0. The molecule has 0 saturated heterocycles. The summed E-state index contributed by atoms with van der Waals surface area (Å²) < 4.78 is 38.8. The Hall–Kier alpha value is 2.77. The van der Waals surface area contributed by atoms with E-state index in [0.717, 1.165) is 23.6 Å². The molecule has 1 N–H and O–H groups in total. The number of aryl methyl sites for hydroxylation is 1. The smallest absolute Gasteiger partial charge is 1.00 e. The molecule has 3 aromatic rings. The van der Waals surface area contributed by atoms with Gasteiger partial charge in [0.25, 0.3) is 6.47 Å². The van der Waals surface area contributed by atoms with Gasteiger partial charge in [-0.1, -0.05) is 37.9 Å². The van der Waals surface area contributed by atoms with Crippen LogP contribution in [0, 0.1) is 29.3 Å². The Kier molecular flexibility index (Phi) is 34.9. The molecule has 0 aromatic heterocycles. The van der Waals surface area contributed by atoms with Crippen molar-refractivity contribution in [1.29, 1.82) is 0 Å². The number of halogens is 7. The number of alkyl halides is 2. The summed E-state index contributed by atoms with van der Waals surface area (Å²) in [6, 6.07) is 14.3. The standard InChI is InChI=1S/C15H13FI2O2.C6H4FIO.C2H4Br2.CH2O3.2K.H/c1-10-2-4-14(12(17)8-10)19-6-7-20-15-5-3-11(16)9-13(15)18;7-4-1-2-6(9)5(8)3-4;3-1-2-4;2-1-4-3;;;/h2-5,8-9H,6-7H2,1H3;1-3,9H;1-2H2;1,3H;;;/q;;;;2*+1;-1/p-1. The fourth-order valence-corrected chi connectivity index (χ4v) is 4.04. The summed E-state index contributed by atoms with van der Waals surface area (Å²) in [4.78, 5) is 11.2. The molecule has 0 spiro atoms. The average Bonchev–Trinajstić information content (AvgIpc) is 2.87. The summed E-state index contributed by atoms with van der Waals surface area (Å²) in [7, 11) is 0. The van der Waals surface area contributed by atoms with E-state index in [1.54, 1.807) is 6.07 Å². The molecule has 0 amide bonds. The normalized spacial score (nSPS) is 8.85. The van der Waals surface area contributed by atoms with Crippen molar-refractivity contribution in [2.75, 3.05) is 23.9 Å². The number of phenols is 1. The van der Waals surface area contributed by atoms with E-state index in [1.165, 1.54) is 35.9 Å². The summed E-state index contributed by atoms with van der Waals surface area (Å²) >= 11 is 12.6. The number of rotatable bonds is 7. The van der Waals surface area contributed by atoms with Crippen molar-refractivity contribution >= 4 is 106 Å². The van der Waals surface area contributed by atoms with Gasteiger partial charge in [-0.25, -0.2) is 8.78 Å². The second-order valence-corrected chi connectivity index (χ2v) is 11.4. The maximum atomic E-state index is 12.9. The first kappa shape index (κ1) is 46.2. The SMILES string of the molecule is BrCCBr.Cc1ccc(OCCOc2ccc(F)cc2I)c(I)c1.O=CO[O-].Oc1ccc(F)cc1I.[H-].[K+].[K+]. The maximum Gasteiger partial charge on any atom is 1.00 e. The van der Waals surface area contributed by atoms with Crippen LogP contribution in [0.1, 0.15) is 6.99 Å². The summed E-state index contributed by atoms with van der Waals surface area (Å²) in [5.74, 6) is 1.07. The molecule has 0 heterocycles. The Bertz CT molecular complexity index is 1040. The Labute approximate surface area is 371 Å². The molecular weight excluding hydrogens is 1040 g/mol. The van der Waals surface area contributed by atoms with E-state index >= 15 is 0 Å². The first-order chi connectivity index (χ1) is 17.6. The number of phenolic OH excluding ortho intramolecular Hbond substituents is 1. The third-order valence-electron chi connectivity index (χ3n) is 3.60. The van der Waals surface area contributed by atoms with Gasteiger partial charge in [-0.3, -0.25) is 4.79 Å². The van der Waals surface area contributed by atoms with Crippen molar-refractivity contribution in [2.24, 2.45) is 0 Å². The molecule has 0 radical (unpaired) electrons. The van der Waals surface area contributed by atoms with Gasteiger partial charge in [0.1, 0.15) is 42.1 Å². The summed E-state index contributed by atoms with van der Waals surface area (Å²) in [6.07, 6.45) is 0. The summed E-state index contributed by atoms with van der Waals surface area (Å²) in [5, 5.41) is 19.4. The third kappa shape index (κ3) is 23.8. The van der Waals surface area contributed by atoms with Gasteiger partial charge in [0.05, 0.1) is 10.7 Å². The van der Waals surface area contributed by atoms with E-state index in [2.05, 4.69) is 88.0 Å². The molecule has 39 heavy (non-hydrogen) atoms. The molecule has 0 aliphatic heterocycles. The molecule has 6 nitrogen and oxygen atoms in total. The third-order valence-corrected chi connectivity index (χ3v) is 8.01. The van der Waals surface area contributed by atoms with Crippen LogP contribution < -0.4 is 118 Å². The van der Waals surface area contributed by atoms with Crippen molar-refractivity contribution in [1.82, 2.24) is 0 Å². The van der Waals surface area contributed by atoms with Crippen LogP contribution in [0.15, 0.2) is 54.6 Å². The maximum absolute atomic E-state index is 12.9. The minimum atomic E-state index is -0.322. The van der Waals surface area contributed by atoms with Gasteiger partial charge >= 0.3 is 103 Å². The van der Waals surface area contributed by atoms with E-state index in [0.29, 0.717) is 22.5 Å². The van der Waals surface area contributed by atoms with E-state index in [1.807, 2.05) is 41.6 Å². The number of benzene rings is 3. The molecule has 0 unspecified atom stereocenters. The molecule has 0 bridgehead atoms. The molecule has 0 aliphatic carbocycles. The molecule has 206 valence electrons. The van der Waals surface area contributed by atoms with Crippen LogP contribution in [0.4, 0.5) is 8.78 Å². The van der Waals surface area contributed by atoms with E-state index < -0.39 is 0 Å². The summed E-state index contributed by atoms with van der Waals surface area (Å²) in [5.41, 5.74) is 1.21. The molecule has 0 fully saturated rings. The fourth-order valence-electron chi connectivity index (χ4n) is 2.10. The molecule has 0 saturated carbocycles. The minimum Gasteiger partial charge on any atom is -1.00 e. The predicted octanol–water partition coefficient (Wildman–Crippen LogP) is 1.27. The summed E-state index contributed by atoms with van der Waals surface area (Å²) in [6.45, 7) is 2.74. The average molecular weight is 1060 g/mol. The first-order valence-corrected chi connectivity index (χ1v) is 15.5. The number of ether oxygens (including phenoxy) is 2. The van der Waals surface area contributed by atoms with Gasteiger partial charge in [0, 0.05) is 10.7 Å². The van der Waals surface area contributed by atoms with Gasteiger partial charge in [-0.05, 0) is 129 Å². The van der Waals surface area contributed by atoms with Crippen molar-refractivity contribution in [3.8, 4) is 17.2 Å². The Morgan fingerprint density at radius 1 is 0.846 bits per heavy atom. The van der Waals surface area contributed by atoms with Crippen LogP contribution in [-0.2, 0) is 9.68 Å². The monoisotopic (exact) mass is 1060 g/mol. The molecular formula is C24H23Br2F2I3K2O6. The Morgan fingerprint density at radius 2 is 1.26 bits per heavy atom. The van der Waals surface area contributed by atoms with Crippen LogP contribution >= 0.6 is 99.6 Å². The molecule has 15 heteroatoms. The van der Waals surface area contributed by atoms with Gasteiger partial charge in [0.15, 0.2) is 0 Å². The number of carbonyl (C=O) groups excluding carboxylic acids is 1. The zero-order valence-corrected chi connectivity index (χ0v) is 37.1. The number of aromatic hydroxyl groups is 1. The molecule has 3 rings (SSSR count). The van der Waals surface area contributed by atoms with E-state index in [9.17, 15) is 8.78 Å². The Balaban J connectivity index is -0.000000271. The second-order valence-electron chi connectivity index (χ2n) is 6.37. The molecule has 3 aromatic carbocycles. The van der Waals surface area contributed by atoms with Crippen molar-refractivity contribution in [3.63, 3.8) is 0 Å². The fraction of sp³-hybridized carbons (Fsp3) is 0.208. The van der Waals surface area contributed by atoms with Crippen molar-refractivity contribution in [3.05, 3.63) is 82.5 Å². The predicted molar refractivity (Wildman–Crippen MR) is 171 cm³/mol. The minimum absolute atomic E-state index is 0. The number of hydrogen-bond donors (Lipinski definition) is 1. The quantitative estimate of drug-likeness (QED) is 0.0731. The number of carbonyl (C=O) groups is 1. The zero-order valence-electron chi connectivity index (χ0n) is 22.2. The second kappa shape index (κ2) is 29.5. The van der Waals surface area contributed by atoms with Crippen LogP contribution in [-0.4, -0.2) is 35.5 Å². The van der Waals surface area contributed by atoms with Crippen molar-refractivity contribution < 1.29 is 142 Å². The van der Waals surface area contributed by atoms with Gasteiger partial charge in [-0.15, -0.1) is 0 Å². The van der Waals surface area contributed by atoms with E-state index in [4.69, 9.17) is 24.6 Å². The zero-order chi connectivity index (χ0) is 28.2. The largest absolute Gasteiger partial charge is 1.00 e. The van der Waals surface area contributed by atoms with Crippen molar-refractivity contribution in [2.45, 2.75) is 6.92 Å². The number of hydrogen-bond acceptors (Lipinski definition) is 6. The van der Waals surface area contributed by atoms with Crippen LogP contribution in [0.3, 0.4) is 0 Å². The van der Waals surface area contributed by atoms with Gasteiger partial charge in [-0.2, -0.15) is 0 Å². The topological polar surface area (TPSA) is 88.1 Å². The van der Waals surface area contributed by atoms with Gasteiger partial charge in [0.2, 0.25) is 0 Å². The van der Waals surface area contributed by atoms with Gasteiger partial charge < -0.3 is 26.2 Å². The van der Waals surface area contributed by atoms with E-state index in [-0.39, 0.29) is 128 Å². The van der Waals surface area contributed by atoms with Crippen LogP contribution in [0.2, 0.25) is 0 Å². The van der Waals surface area contributed by atoms with Crippen LogP contribution in [0.25, 0.3) is 0 Å².